The molecule has 6 heteroatoms. The fraction of sp³-hybridized carbons (Fsp3) is 0.385. The van der Waals surface area contributed by atoms with Crippen LogP contribution in [0.1, 0.15) is 12.0 Å². The highest BCUT2D eigenvalue weighted by Gasteiger charge is 2.48. The van der Waals surface area contributed by atoms with E-state index in [1.54, 1.807) is 6.07 Å². The van der Waals surface area contributed by atoms with Gasteiger partial charge in [-0.25, -0.2) is 0 Å². The average Bonchev–Trinajstić information content (AvgIpc) is 3.06. The lowest BCUT2D eigenvalue weighted by molar-refractivity contribution is -0.140. The number of hydrogen-bond acceptors (Lipinski definition) is 4. The van der Waals surface area contributed by atoms with Crippen molar-refractivity contribution in [2.24, 2.45) is 11.8 Å². The van der Waals surface area contributed by atoms with Crippen LogP contribution in [0.2, 0.25) is 0 Å². The Bertz CT molecular complexity index is 542. The molecule has 1 aromatic rings. The average molecular weight is 263 g/mol. The number of benzene rings is 1. The summed E-state index contributed by atoms with van der Waals surface area (Å²) in [5, 5.41) is 11.5. The summed E-state index contributed by atoms with van der Waals surface area (Å²) in [7, 11) is 0. The number of carbonyl (C=O) groups excluding carboxylic acids is 1. The van der Waals surface area contributed by atoms with Gasteiger partial charge in [0.1, 0.15) is 0 Å². The highest BCUT2D eigenvalue weighted by molar-refractivity contribution is 5.89. The molecule has 0 spiro atoms. The van der Waals surface area contributed by atoms with E-state index in [0.29, 0.717) is 24.5 Å². The van der Waals surface area contributed by atoms with Crippen LogP contribution < -0.4 is 14.8 Å². The Labute approximate surface area is 109 Å². The number of amides is 1. The lowest BCUT2D eigenvalue weighted by atomic mass is 10.2. The summed E-state index contributed by atoms with van der Waals surface area (Å²) in [6.07, 6.45) is 0.424. The quantitative estimate of drug-likeness (QED) is 0.837. The number of carbonyl (C=O) groups is 2. The normalized spacial score (nSPS) is 22.9. The van der Waals surface area contributed by atoms with E-state index in [4.69, 9.17) is 14.6 Å². The van der Waals surface area contributed by atoms with Gasteiger partial charge in [0, 0.05) is 12.1 Å². The Hall–Kier alpha value is -2.24. The van der Waals surface area contributed by atoms with Gasteiger partial charge in [0.05, 0.1) is 11.8 Å². The third kappa shape index (κ3) is 2.21. The zero-order valence-corrected chi connectivity index (χ0v) is 10.1. The molecular formula is C13H13NO5. The van der Waals surface area contributed by atoms with Gasteiger partial charge in [-0.15, -0.1) is 0 Å². The van der Waals surface area contributed by atoms with Gasteiger partial charge in [0.25, 0.3) is 0 Å². The Morgan fingerprint density at radius 2 is 2.16 bits per heavy atom. The van der Waals surface area contributed by atoms with Gasteiger partial charge in [-0.05, 0) is 12.5 Å². The van der Waals surface area contributed by atoms with E-state index in [1.807, 2.05) is 12.1 Å². The third-order valence-electron chi connectivity index (χ3n) is 3.38. The van der Waals surface area contributed by atoms with Crippen LogP contribution in [0.4, 0.5) is 0 Å². The molecule has 100 valence electrons. The van der Waals surface area contributed by atoms with Crippen LogP contribution in [0.3, 0.4) is 0 Å². The molecule has 1 heterocycles. The van der Waals surface area contributed by atoms with Gasteiger partial charge >= 0.3 is 5.97 Å². The highest BCUT2D eigenvalue weighted by atomic mass is 16.7. The number of carboxylic acid groups (broad SMARTS) is 1. The second-order valence-corrected chi connectivity index (χ2v) is 4.66. The van der Waals surface area contributed by atoms with Crippen LogP contribution in [0.15, 0.2) is 18.2 Å². The molecule has 6 nitrogen and oxygen atoms in total. The summed E-state index contributed by atoms with van der Waals surface area (Å²) in [4.78, 5) is 22.4. The molecule has 0 aromatic heterocycles. The molecule has 2 N–H and O–H groups in total. The first-order chi connectivity index (χ1) is 9.16. The van der Waals surface area contributed by atoms with Crippen molar-refractivity contribution < 1.29 is 24.2 Å². The first-order valence-electron chi connectivity index (χ1n) is 6.05. The van der Waals surface area contributed by atoms with Crippen molar-refractivity contribution in [3.05, 3.63) is 23.8 Å². The van der Waals surface area contributed by atoms with Crippen LogP contribution >= 0.6 is 0 Å². The van der Waals surface area contributed by atoms with E-state index in [1.165, 1.54) is 0 Å². The number of ether oxygens (including phenoxy) is 2. The Balaban J connectivity index is 1.60. The van der Waals surface area contributed by atoms with Crippen molar-refractivity contribution in [2.75, 3.05) is 6.79 Å². The van der Waals surface area contributed by atoms with E-state index in [0.717, 1.165) is 5.56 Å². The lowest BCUT2D eigenvalue weighted by Crippen LogP contribution is -2.26. The zero-order chi connectivity index (χ0) is 13.4. The number of rotatable bonds is 4. The van der Waals surface area contributed by atoms with Gasteiger partial charge in [-0.3, -0.25) is 9.59 Å². The molecule has 2 aliphatic rings. The van der Waals surface area contributed by atoms with E-state index >= 15 is 0 Å². The van der Waals surface area contributed by atoms with E-state index < -0.39 is 17.8 Å². The van der Waals surface area contributed by atoms with Crippen molar-refractivity contribution >= 4 is 11.9 Å². The van der Waals surface area contributed by atoms with Crippen LogP contribution in [-0.4, -0.2) is 23.8 Å². The number of para-hydroxylation sites is 1. The number of aliphatic carboxylic acids is 1. The summed E-state index contributed by atoms with van der Waals surface area (Å²) in [5.41, 5.74) is 0.830. The molecule has 3 rings (SSSR count). The second kappa shape index (κ2) is 4.46. The van der Waals surface area contributed by atoms with Crippen LogP contribution in [0.5, 0.6) is 11.5 Å². The largest absolute Gasteiger partial charge is 0.481 e. The molecule has 0 unspecified atom stereocenters. The summed E-state index contributed by atoms with van der Waals surface area (Å²) in [6.45, 7) is 0.498. The van der Waals surface area contributed by atoms with Crippen molar-refractivity contribution in [1.82, 2.24) is 5.32 Å². The second-order valence-electron chi connectivity index (χ2n) is 4.66. The van der Waals surface area contributed by atoms with Crippen LogP contribution in [0.25, 0.3) is 0 Å². The molecule has 1 amide bonds. The Kier molecular flexibility index (Phi) is 2.77. The highest BCUT2D eigenvalue weighted by Crippen LogP contribution is 2.39. The van der Waals surface area contributed by atoms with Crippen LogP contribution in [-0.2, 0) is 16.1 Å². The molecular weight excluding hydrogens is 250 g/mol. The Morgan fingerprint density at radius 3 is 2.89 bits per heavy atom. The molecule has 0 bridgehead atoms. The number of hydrogen-bond donors (Lipinski definition) is 2. The summed E-state index contributed by atoms with van der Waals surface area (Å²) >= 11 is 0. The Morgan fingerprint density at radius 1 is 1.32 bits per heavy atom. The standard InChI is InChI=1S/C13H13NO5/c15-12(8-4-9(8)13(16)17)14-5-7-2-1-3-10-11(7)19-6-18-10/h1-3,8-9H,4-6H2,(H,14,15)(H,16,17)/t8-,9-/m1/s1. The maximum Gasteiger partial charge on any atom is 0.307 e. The van der Waals surface area contributed by atoms with Gasteiger partial charge in [-0.2, -0.15) is 0 Å². The van der Waals surface area contributed by atoms with Crippen LogP contribution in [0, 0.1) is 11.8 Å². The molecule has 0 radical (unpaired) electrons. The number of fused-ring (bicyclic) bond motifs is 1. The zero-order valence-electron chi connectivity index (χ0n) is 10.1. The molecule has 1 saturated carbocycles. The molecule has 1 aromatic carbocycles. The monoisotopic (exact) mass is 263 g/mol. The molecule has 1 aliphatic carbocycles. The summed E-state index contributed by atoms with van der Waals surface area (Å²) in [5.74, 6) is -0.733. The fourth-order valence-electron chi connectivity index (χ4n) is 2.20. The summed E-state index contributed by atoms with van der Waals surface area (Å²) in [6, 6.07) is 5.47. The first-order valence-corrected chi connectivity index (χ1v) is 6.05. The third-order valence-corrected chi connectivity index (χ3v) is 3.38. The molecule has 2 atom stereocenters. The minimum Gasteiger partial charge on any atom is -0.481 e. The molecule has 1 fully saturated rings. The maximum atomic E-state index is 11.7. The smallest absolute Gasteiger partial charge is 0.307 e. The van der Waals surface area contributed by atoms with Gasteiger partial charge < -0.3 is 19.9 Å². The van der Waals surface area contributed by atoms with E-state index in [2.05, 4.69) is 5.32 Å². The summed E-state index contributed by atoms with van der Waals surface area (Å²) < 4.78 is 10.6. The lowest BCUT2D eigenvalue weighted by Gasteiger charge is -2.07. The molecule has 19 heavy (non-hydrogen) atoms. The predicted octanol–water partition coefficient (Wildman–Crippen LogP) is 0.752. The van der Waals surface area contributed by atoms with Gasteiger partial charge in [0.15, 0.2) is 11.5 Å². The van der Waals surface area contributed by atoms with Gasteiger partial charge in [-0.1, -0.05) is 12.1 Å². The first kappa shape index (κ1) is 11.8. The minimum absolute atomic E-state index is 0.185. The minimum atomic E-state index is -0.905. The molecule has 1 aliphatic heterocycles. The topological polar surface area (TPSA) is 84.9 Å². The van der Waals surface area contributed by atoms with Gasteiger partial charge in [0.2, 0.25) is 12.7 Å². The van der Waals surface area contributed by atoms with Crippen molar-refractivity contribution in [2.45, 2.75) is 13.0 Å². The van der Waals surface area contributed by atoms with Crippen molar-refractivity contribution in [3.63, 3.8) is 0 Å². The van der Waals surface area contributed by atoms with E-state index in [-0.39, 0.29) is 12.7 Å². The number of carboxylic acids is 1. The van der Waals surface area contributed by atoms with E-state index in [9.17, 15) is 9.59 Å². The molecule has 0 saturated heterocycles. The number of nitrogens with one attached hydrogen (secondary N) is 1. The SMILES string of the molecule is O=C(O)[C@@H]1C[C@H]1C(=O)NCc1cccc2c1OCO2. The predicted molar refractivity (Wildman–Crippen MR) is 63.6 cm³/mol. The van der Waals surface area contributed by atoms with Crippen molar-refractivity contribution in [3.8, 4) is 11.5 Å². The fourth-order valence-corrected chi connectivity index (χ4v) is 2.20. The van der Waals surface area contributed by atoms with Crippen molar-refractivity contribution in [1.29, 1.82) is 0 Å². The maximum absolute atomic E-state index is 11.7.